The minimum atomic E-state index is 0.222. The molecule has 2 fully saturated rings. The smallest absolute Gasteiger partial charge is 0.177 e. The lowest BCUT2D eigenvalue weighted by molar-refractivity contribution is 0.0248. The Morgan fingerprint density at radius 1 is 1.12 bits per heavy atom. The van der Waals surface area contributed by atoms with Crippen LogP contribution in [-0.2, 0) is 4.74 Å². The summed E-state index contributed by atoms with van der Waals surface area (Å²) in [5.41, 5.74) is 5.61. The number of aromatic nitrogens is 5. The van der Waals surface area contributed by atoms with Crippen LogP contribution in [-0.4, -0.2) is 43.8 Å². The van der Waals surface area contributed by atoms with Gasteiger partial charge < -0.3 is 15.0 Å². The number of anilines is 1. The molecule has 1 saturated heterocycles. The van der Waals surface area contributed by atoms with Crippen LogP contribution in [0.25, 0.3) is 28.2 Å². The van der Waals surface area contributed by atoms with Crippen molar-refractivity contribution in [2.75, 3.05) is 18.5 Å². The van der Waals surface area contributed by atoms with Gasteiger partial charge in [-0.3, -0.25) is 0 Å². The van der Waals surface area contributed by atoms with Crippen LogP contribution in [0.15, 0.2) is 42.7 Å². The summed E-state index contributed by atoms with van der Waals surface area (Å²) in [5.74, 6) is 1.72. The number of halogens is 1. The summed E-state index contributed by atoms with van der Waals surface area (Å²) in [6.07, 6.45) is 9.96. The van der Waals surface area contributed by atoms with Crippen LogP contribution < -0.4 is 5.32 Å². The highest BCUT2D eigenvalue weighted by Gasteiger charge is 2.26. The van der Waals surface area contributed by atoms with Gasteiger partial charge in [0, 0.05) is 42.5 Å². The zero-order valence-electron chi connectivity index (χ0n) is 17.7. The molecule has 1 aromatic carbocycles. The van der Waals surface area contributed by atoms with Gasteiger partial charge in [-0.2, -0.15) is 5.10 Å². The molecule has 0 bridgehead atoms. The first-order valence-electron chi connectivity index (χ1n) is 11.3. The van der Waals surface area contributed by atoms with Gasteiger partial charge >= 0.3 is 0 Å². The Morgan fingerprint density at radius 2 is 1.97 bits per heavy atom. The number of nitrogens with one attached hydrogen (secondary N) is 2. The van der Waals surface area contributed by atoms with Crippen LogP contribution in [0.5, 0.6) is 0 Å². The van der Waals surface area contributed by atoms with Gasteiger partial charge in [-0.25, -0.2) is 14.5 Å². The molecule has 2 aliphatic rings. The summed E-state index contributed by atoms with van der Waals surface area (Å²) in [4.78, 5) is 12.7. The molecule has 164 valence electrons. The van der Waals surface area contributed by atoms with E-state index in [0.717, 1.165) is 65.7 Å². The molecule has 0 amide bonds. The molecule has 0 radical (unpaired) electrons. The lowest BCUT2D eigenvalue weighted by Crippen LogP contribution is -2.27. The number of nitrogens with zero attached hydrogens (tertiary/aromatic N) is 4. The van der Waals surface area contributed by atoms with E-state index in [-0.39, 0.29) is 6.10 Å². The highest BCUT2D eigenvalue weighted by atomic mass is 35.5. The maximum Gasteiger partial charge on any atom is 0.177 e. The predicted octanol–water partition coefficient (Wildman–Crippen LogP) is 5.30. The fourth-order valence-electron chi connectivity index (χ4n) is 4.32. The van der Waals surface area contributed by atoms with E-state index in [4.69, 9.17) is 21.3 Å². The molecular formula is C24H25ClN6O. The van der Waals surface area contributed by atoms with Crippen molar-refractivity contribution in [2.45, 2.75) is 44.1 Å². The van der Waals surface area contributed by atoms with Gasteiger partial charge in [0.2, 0.25) is 0 Å². The standard InChI is InChI=1S/C24H25ClN6O/c25-22-11-19(26-12-18-3-1-2-10-32-18)24-28-14-21(31(24)30-22)16-6-4-15(5-7-16)20-13-27-23(29-20)17-8-9-17/h4-7,11,13-14,17-18,26H,1-3,8-10,12H2,(H,27,29). The number of imidazole rings is 2. The molecule has 7 nitrogen and oxygen atoms in total. The lowest BCUT2D eigenvalue weighted by atomic mass is 10.1. The average Bonchev–Trinajstić information content (AvgIpc) is 3.40. The van der Waals surface area contributed by atoms with Crippen LogP contribution in [0.4, 0.5) is 5.69 Å². The van der Waals surface area contributed by atoms with Crippen molar-refractivity contribution in [3.63, 3.8) is 0 Å². The van der Waals surface area contributed by atoms with Gasteiger partial charge in [0.1, 0.15) is 5.82 Å². The molecule has 4 heterocycles. The van der Waals surface area contributed by atoms with E-state index in [1.807, 2.05) is 18.5 Å². The number of hydrogen-bond acceptors (Lipinski definition) is 5. The van der Waals surface area contributed by atoms with Gasteiger partial charge in [0.15, 0.2) is 10.8 Å². The molecule has 2 N–H and O–H groups in total. The van der Waals surface area contributed by atoms with Crippen molar-refractivity contribution < 1.29 is 4.74 Å². The van der Waals surface area contributed by atoms with Crippen molar-refractivity contribution in [3.05, 3.63) is 53.7 Å². The molecule has 8 heteroatoms. The molecule has 1 saturated carbocycles. The molecule has 1 unspecified atom stereocenters. The zero-order chi connectivity index (χ0) is 21.5. The summed E-state index contributed by atoms with van der Waals surface area (Å²) < 4.78 is 7.64. The quantitative estimate of drug-likeness (QED) is 0.418. The van der Waals surface area contributed by atoms with E-state index >= 15 is 0 Å². The molecule has 0 spiro atoms. The number of benzene rings is 1. The van der Waals surface area contributed by atoms with Crippen LogP contribution in [0.1, 0.15) is 43.8 Å². The highest BCUT2D eigenvalue weighted by Crippen LogP contribution is 2.39. The number of hydrogen-bond donors (Lipinski definition) is 2. The van der Waals surface area contributed by atoms with E-state index in [2.05, 4.69) is 44.6 Å². The summed E-state index contributed by atoms with van der Waals surface area (Å²) in [6.45, 7) is 1.57. The van der Waals surface area contributed by atoms with E-state index in [1.165, 1.54) is 19.3 Å². The second kappa shape index (κ2) is 8.22. The van der Waals surface area contributed by atoms with Crippen LogP contribution in [0.2, 0.25) is 5.15 Å². The first kappa shape index (κ1) is 19.8. The molecule has 6 rings (SSSR count). The Morgan fingerprint density at radius 3 is 2.75 bits per heavy atom. The Kier molecular flexibility index (Phi) is 5.08. The Hall–Kier alpha value is -2.90. The maximum atomic E-state index is 6.36. The second-order valence-electron chi connectivity index (χ2n) is 8.65. The number of H-pyrrole nitrogens is 1. The van der Waals surface area contributed by atoms with Crippen molar-refractivity contribution >= 4 is 22.9 Å². The molecule has 3 aromatic heterocycles. The molecule has 1 aliphatic carbocycles. The minimum Gasteiger partial charge on any atom is -0.379 e. The number of rotatable bonds is 6. The first-order chi connectivity index (χ1) is 15.7. The second-order valence-corrected chi connectivity index (χ2v) is 9.04. The molecule has 1 aliphatic heterocycles. The first-order valence-corrected chi connectivity index (χ1v) is 11.7. The van der Waals surface area contributed by atoms with Crippen molar-refractivity contribution in [3.8, 4) is 22.5 Å². The fourth-order valence-corrected chi connectivity index (χ4v) is 4.50. The highest BCUT2D eigenvalue weighted by molar-refractivity contribution is 6.29. The molecule has 4 aromatic rings. The zero-order valence-corrected chi connectivity index (χ0v) is 18.5. The lowest BCUT2D eigenvalue weighted by Gasteiger charge is -2.23. The Labute approximate surface area is 191 Å². The summed E-state index contributed by atoms with van der Waals surface area (Å²) >= 11 is 6.36. The van der Waals surface area contributed by atoms with Gasteiger partial charge in [0.25, 0.3) is 0 Å². The SMILES string of the molecule is Clc1cc(NCC2CCCCO2)c2ncc(-c3ccc(-c4c[nH]c(C5CC5)n4)cc3)n2n1. The normalized spacial score (nSPS) is 18.8. The number of fused-ring (bicyclic) bond motifs is 1. The summed E-state index contributed by atoms with van der Waals surface area (Å²) in [6, 6.07) is 10.2. The molecular weight excluding hydrogens is 424 g/mol. The monoisotopic (exact) mass is 448 g/mol. The van der Waals surface area contributed by atoms with E-state index in [9.17, 15) is 0 Å². The van der Waals surface area contributed by atoms with Gasteiger partial charge in [-0.1, -0.05) is 35.9 Å². The van der Waals surface area contributed by atoms with E-state index in [0.29, 0.717) is 11.1 Å². The van der Waals surface area contributed by atoms with Gasteiger partial charge in [-0.15, -0.1) is 0 Å². The summed E-state index contributed by atoms with van der Waals surface area (Å²) in [7, 11) is 0. The topological polar surface area (TPSA) is 80.1 Å². The van der Waals surface area contributed by atoms with E-state index < -0.39 is 0 Å². The Bertz CT molecular complexity index is 1240. The third kappa shape index (κ3) is 3.87. The van der Waals surface area contributed by atoms with Crippen LogP contribution in [0.3, 0.4) is 0 Å². The van der Waals surface area contributed by atoms with E-state index in [1.54, 1.807) is 4.52 Å². The largest absolute Gasteiger partial charge is 0.379 e. The van der Waals surface area contributed by atoms with Crippen LogP contribution >= 0.6 is 11.6 Å². The van der Waals surface area contributed by atoms with Crippen molar-refractivity contribution in [1.29, 1.82) is 0 Å². The van der Waals surface area contributed by atoms with Crippen molar-refractivity contribution in [1.82, 2.24) is 24.6 Å². The number of aromatic amines is 1. The summed E-state index contributed by atoms with van der Waals surface area (Å²) in [5, 5.41) is 8.40. The van der Waals surface area contributed by atoms with Crippen molar-refractivity contribution in [2.24, 2.45) is 0 Å². The average molecular weight is 449 g/mol. The maximum absolute atomic E-state index is 6.36. The third-order valence-corrected chi connectivity index (χ3v) is 6.45. The van der Waals surface area contributed by atoms with Crippen LogP contribution in [0, 0.1) is 0 Å². The Balaban J connectivity index is 1.26. The molecule has 32 heavy (non-hydrogen) atoms. The molecule has 1 atom stereocenters. The minimum absolute atomic E-state index is 0.222. The van der Waals surface area contributed by atoms with Gasteiger partial charge in [0.05, 0.1) is 29.4 Å². The van der Waals surface area contributed by atoms with Gasteiger partial charge in [-0.05, 0) is 32.1 Å². The predicted molar refractivity (Wildman–Crippen MR) is 125 cm³/mol. The number of ether oxygens (including phenoxy) is 1. The third-order valence-electron chi connectivity index (χ3n) is 6.27. The fraction of sp³-hybridized carbons (Fsp3) is 0.375.